The lowest BCUT2D eigenvalue weighted by Crippen LogP contribution is -2.68. The predicted molar refractivity (Wildman–Crippen MR) is 250 cm³/mol. The molecular formula is C54H57N3O10. The van der Waals surface area contributed by atoms with Gasteiger partial charge in [-0.1, -0.05) is 187 Å². The molecule has 0 amide bonds. The number of hydrogen-bond donors (Lipinski definition) is 2. The normalized spacial score (nSPS) is 26.1. The molecule has 1 aliphatic heterocycles. The summed E-state index contributed by atoms with van der Waals surface area (Å²) in [5.74, 6) is 0. The Kier molecular flexibility index (Phi) is 17.7. The average Bonchev–Trinajstić information content (AvgIpc) is 3.38. The smallest absolute Gasteiger partial charge is 0.169 e. The average molecular weight is 908 g/mol. The number of benzene rings is 6. The molecule has 67 heavy (non-hydrogen) atoms. The van der Waals surface area contributed by atoms with Crippen molar-refractivity contribution >= 4 is 0 Å². The van der Waals surface area contributed by atoms with Gasteiger partial charge >= 0.3 is 0 Å². The van der Waals surface area contributed by atoms with Crippen LogP contribution in [0.4, 0.5) is 0 Å². The molecule has 2 fully saturated rings. The van der Waals surface area contributed by atoms with Gasteiger partial charge in [0.2, 0.25) is 0 Å². The van der Waals surface area contributed by atoms with Gasteiger partial charge in [0.05, 0.1) is 46.2 Å². The number of aliphatic hydroxyl groups is 2. The van der Waals surface area contributed by atoms with Crippen LogP contribution < -0.4 is 0 Å². The summed E-state index contributed by atoms with van der Waals surface area (Å²) in [5.41, 5.74) is 15.6. The topological polar surface area (TPSA) is 163 Å². The standard InChI is InChI=1S/C54H57N3O10/c55-57-56-45-49(62-33-40-23-11-3-12-24-40)48(61-32-39-21-9-2-10-22-39)44(37-60-31-38-19-7-1-8-20-38)66-54(45)67-51-47(59)46(58)50(63-34-41-25-13-4-14-26-41)52(64-35-42-27-15-5-16-28-42)53(51)65-36-43-29-17-6-18-30-43/h1-30,44-54,58-59H,31-37H2/t44?,45?,46-,47?,48-,49+,50?,51-,52?,53-,54-/m1/s1. The largest absolute Gasteiger partial charge is 0.387 e. The summed E-state index contributed by atoms with van der Waals surface area (Å²) < 4.78 is 53.5. The van der Waals surface area contributed by atoms with Crippen molar-refractivity contribution in [3.8, 4) is 0 Å². The van der Waals surface area contributed by atoms with E-state index in [-0.39, 0.29) is 46.2 Å². The summed E-state index contributed by atoms with van der Waals surface area (Å²) in [4.78, 5) is 3.27. The molecule has 8 rings (SSSR count). The van der Waals surface area contributed by atoms with Crippen molar-refractivity contribution in [1.82, 2.24) is 0 Å². The lowest BCUT2D eigenvalue weighted by molar-refractivity contribution is -0.335. The van der Waals surface area contributed by atoms with Crippen molar-refractivity contribution in [2.75, 3.05) is 6.61 Å². The van der Waals surface area contributed by atoms with Crippen LogP contribution in [0.3, 0.4) is 0 Å². The van der Waals surface area contributed by atoms with Gasteiger partial charge < -0.3 is 48.1 Å². The molecule has 2 aliphatic rings. The predicted octanol–water partition coefficient (Wildman–Crippen LogP) is 8.65. The fourth-order valence-corrected chi connectivity index (χ4v) is 8.45. The first kappa shape index (κ1) is 47.7. The highest BCUT2D eigenvalue weighted by Gasteiger charge is 2.56. The van der Waals surface area contributed by atoms with Crippen LogP contribution >= 0.6 is 0 Å². The summed E-state index contributed by atoms with van der Waals surface area (Å²) >= 11 is 0. The maximum absolute atomic E-state index is 12.3. The van der Waals surface area contributed by atoms with E-state index in [2.05, 4.69) is 10.0 Å². The van der Waals surface area contributed by atoms with Gasteiger partial charge in [0.15, 0.2) is 6.29 Å². The molecule has 1 saturated heterocycles. The Balaban J connectivity index is 1.15. The van der Waals surface area contributed by atoms with Crippen molar-refractivity contribution in [3.05, 3.63) is 226 Å². The van der Waals surface area contributed by atoms with Gasteiger partial charge in [-0.2, -0.15) is 0 Å². The molecule has 2 N–H and O–H groups in total. The fraction of sp³-hybridized carbons (Fsp3) is 0.333. The summed E-state index contributed by atoms with van der Waals surface area (Å²) in [7, 11) is 0. The van der Waals surface area contributed by atoms with Crippen LogP contribution in [0.2, 0.25) is 0 Å². The van der Waals surface area contributed by atoms with E-state index in [4.69, 9.17) is 37.9 Å². The Hall–Kier alpha value is -5.77. The summed E-state index contributed by atoms with van der Waals surface area (Å²) in [6, 6.07) is 56.7. The zero-order chi connectivity index (χ0) is 46.0. The lowest BCUT2D eigenvalue weighted by atomic mass is 9.83. The van der Waals surface area contributed by atoms with Gasteiger partial charge in [0.1, 0.15) is 61.0 Å². The Bertz CT molecular complexity index is 2370. The third-order valence-electron chi connectivity index (χ3n) is 11.9. The van der Waals surface area contributed by atoms with Crippen LogP contribution in [0.25, 0.3) is 10.4 Å². The van der Waals surface area contributed by atoms with E-state index in [1.807, 2.05) is 182 Å². The van der Waals surface area contributed by atoms with Crippen molar-refractivity contribution in [2.24, 2.45) is 5.11 Å². The zero-order valence-electron chi connectivity index (χ0n) is 37.1. The van der Waals surface area contributed by atoms with Gasteiger partial charge in [-0.15, -0.1) is 0 Å². The molecule has 0 bridgehead atoms. The maximum atomic E-state index is 12.3. The highest BCUT2D eigenvalue weighted by molar-refractivity contribution is 5.19. The molecule has 0 aromatic heterocycles. The molecule has 1 aliphatic carbocycles. The molecule has 6 aromatic rings. The zero-order valence-corrected chi connectivity index (χ0v) is 37.1. The van der Waals surface area contributed by atoms with Crippen molar-refractivity contribution in [2.45, 2.75) is 107 Å². The first-order valence-electron chi connectivity index (χ1n) is 22.6. The molecule has 11 atom stereocenters. The minimum atomic E-state index is -1.60. The van der Waals surface area contributed by atoms with E-state index in [0.29, 0.717) is 0 Å². The Morgan fingerprint density at radius 2 is 0.746 bits per heavy atom. The van der Waals surface area contributed by atoms with E-state index in [1.54, 1.807) is 0 Å². The highest BCUT2D eigenvalue weighted by atomic mass is 16.7. The molecule has 348 valence electrons. The first-order chi connectivity index (χ1) is 33.0. The molecule has 13 nitrogen and oxygen atoms in total. The van der Waals surface area contributed by atoms with Crippen molar-refractivity contribution in [3.63, 3.8) is 0 Å². The molecule has 5 unspecified atom stereocenters. The van der Waals surface area contributed by atoms with Crippen molar-refractivity contribution in [1.29, 1.82) is 0 Å². The number of rotatable bonds is 22. The van der Waals surface area contributed by atoms with E-state index in [0.717, 1.165) is 33.4 Å². The molecule has 0 radical (unpaired) electrons. The second-order valence-corrected chi connectivity index (χ2v) is 16.6. The van der Waals surface area contributed by atoms with E-state index in [9.17, 15) is 15.7 Å². The van der Waals surface area contributed by atoms with Crippen molar-refractivity contribution < 1.29 is 48.1 Å². The van der Waals surface area contributed by atoms with Gasteiger partial charge in [0.25, 0.3) is 0 Å². The summed E-state index contributed by atoms with van der Waals surface area (Å²) in [5, 5.41) is 28.7. The number of ether oxygens (including phenoxy) is 8. The summed E-state index contributed by atoms with van der Waals surface area (Å²) in [6.07, 6.45) is -11.6. The molecular weight excluding hydrogens is 851 g/mol. The van der Waals surface area contributed by atoms with E-state index < -0.39 is 67.3 Å². The molecule has 13 heteroatoms. The third kappa shape index (κ3) is 13.2. The molecule has 1 heterocycles. The molecule has 1 saturated carbocycles. The quantitative estimate of drug-likeness (QED) is 0.0383. The van der Waals surface area contributed by atoms with Crippen LogP contribution in [-0.2, 0) is 77.5 Å². The first-order valence-corrected chi connectivity index (χ1v) is 22.6. The van der Waals surface area contributed by atoms with Gasteiger partial charge in [-0.3, -0.25) is 0 Å². The third-order valence-corrected chi connectivity index (χ3v) is 11.9. The highest BCUT2D eigenvalue weighted by Crippen LogP contribution is 2.37. The second kappa shape index (κ2) is 24.8. The van der Waals surface area contributed by atoms with Gasteiger partial charge in [-0.05, 0) is 38.9 Å². The monoisotopic (exact) mass is 907 g/mol. The van der Waals surface area contributed by atoms with E-state index >= 15 is 0 Å². The van der Waals surface area contributed by atoms with Crippen LogP contribution in [0.15, 0.2) is 187 Å². The molecule has 6 aromatic carbocycles. The van der Waals surface area contributed by atoms with Crippen LogP contribution in [0, 0.1) is 0 Å². The van der Waals surface area contributed by atoms with Gasteiger partial charge in [0, 0.05) is 4.91 Å². The number of nitrogens with zero attached hydrogens (tertiary/aromatic N) is 3. The van der Waals surface area contributed by atoms with Crippen LogP contribution in [-0.4, -0.2) is 84.1 Å². The Morgan fingerprint density at radius 1 is 0.418 bits per heavy atom. The molecule has 0 spiro atoms. The number of hydrogen-bond acceptors (Lipinski definition) is 11. The van der Waals surface area contributed by atoms with E-state index in [1.165, 1.54) is 0 Å². The van der Waals surface area contributed by atoms with Gasteiger partial charge in [-0.25, -0.2) is 0 Å². The Labute approximate surface area is 391 Å². The number of azide groups is 1. The maximum Gasteiger partial charge on any atom is 0.169 e. The second-order valence-electron chi connectivity index (χ2n) is 16.6. The summed E-state index contributed by atoms with van der Waals surface area (Å²) in [6.45, 7) is 1.00. The number of aliphatic hydroxyl groups excluding tert-OH is 2. The Morgan fingerprint density at radius 3 is 1.15 bits per heavy atom. The minimum Gasteiger partial charge on any atom is -0.387 e. The van der Waals surface area contributed by atoms with Crippen LogP contribution in [0.1, 0.15) is 33.4 Å². The minimum absolute atomic E-state index is 0.0321. The van der Waals surface area contributed by atoms with Crippen LogP contribution in [0.5, 0.6) is 0 Å². The lowest BCUT2D eigenvalue weighted by Gasteiger charge is -2.50. The fourth-order valence-electron chi connectivity index (χ4n) is 8.45. The SMILES string of the molecule is [N-]=[N+]=NC1[C@@H](O[C@@H]2C(O)[C@@H](O)C(OCc3ccccc3)C(OCc3ccccc3)[C@@H]2OCc2ccccc2)OC(COCc2ccccc2)[C@@H](OCc2ccccc2)[C@H]1OCc1ccccc1.